The first-order valence-electron chi connectivity index (χ1n) is 9.53. The van der Waals surface area contributed by atoms with E-state index < -0.39 is 6.04 Å². The number of para-hydroxylation sites is 2. The van der Waals surface area contributed by atoms with E-state index in [-0.39, 0.29) is 17.5 Å². The summed E-state index contributed by atoms with van der Waals surface area (Å²) in [5.74, 6) is 0.660. The first-order chi connectivity index (χ1) is 13.6. The third kappa shape index (κ3) is 1.89. The van der Waals surface area contributed by atoms with Crippen molar-refractivity contribution in [1.29, 1.82) is 0 Å². The van der Waals surface area contributed by atoms with Crippen molar-refractivity contribution < 1.29 is 4.79 Å². The number of hydrogen-bond donors (Lipinski definition) is 1. The molecule has 138 valence electrons. The number of benzene rings is 2. The van der Waals surface area contributed by atoms with Crippen molar-refractivity contribution in [2.45, 2.75) is 32.0 Å². The molecular weight excluding hydrogens is 352 g/mol. The SMILES string of the molecule is C[C@H]1C(=O)N2Cc3[nH]c4ccccc4c3C[C@H]2c2nc3ccccc3c(=O)n21. The van der Waals surface area contributed by atoms with Crippen molar-refractivity contribution in [2.75, 3.05) is 0 Å². The second-order valence-electron chi connectivity index (χ2n) is 7.65. The van der Waals surface area contributed by atoms with Crippen LogP contribution in [-0.4, -0.2) is 25.3 Å². The van der Waals surface area contributed by atoms with Crippen molar-refractivity contribution in [1.82, 2.24) is 19.4 Å². The summed E-state index contributed by atoms with van der Waals surface area (Å²) >= 11 is 0. The molecule has 6 heteroatoms. The van der Waals surface area contributed by atoms with Gasteiger partial charge in [-0.2, -0.15) is 0 Å². The zero-order valence-corrected chi connectivity index (χ0v) is 15.3. The quantitative estimate of drug-likeness (QED) is 0.517. The number of carbonyl (C=O) groups is 1. The van der Waals surface area contributed by atoms with Crippen molar-refractivity contribution in [3.8, 4) is 0 Å². The lowest BCUT2D eigenvalue weighted by molar-refractivity contribution is -0.141. The Balaban J connectivity index is 1.62. The molecule has 4 heterocycles. The topological polar surface area (TPSA) is 71.0 Å². The highest BCUT2D eigenvalue weighted by Gasteiger charge is 2.42. The van der Waals surface area contributed by atoms with E-state index in [1.54, 1.807) is 17.6 Å². The molecule has 0 unspecified atom stereocenters. The lowest BCUT2D eigenvalue weighted by atomic mass is 9.93. The monoisotopic (exact) mass is 370 g/mol. The smallest absolute Gasteiger partial charge is 0.262 e. The molecular formula is C22H18N4O2. The van der Waals surface area contributed by atoms with Crippen LogP contribution in [0.25, 0.3) is 21.8 Å². The number of nitrogens with one attached hydrogen (secondary N) is 1. The molecule has 0 saturated carbocycles. The molecule has 1 amide bonds. The van der Waals surface area contributed by atoms with Crippen molar-refractivity contribution in [3.63, 3.8) is 0 Å². The standard InChI is InChI=1S/C22H18N4O2/c1-12-21(27)25-11-18-15(13-6-2-4-8-16(13)23-18)10-19(25)20-24-17-9-5-3-7-14(17)22(28)26(12)20/h2-9,12,19,23H,10-11H2,1H3/t12-,19-/m0/s1. The van der Waals surface area contributed by atoms with Gasteiger partial charge in [-0.1, -0.05) is 30.3 Å². The molecule has 2 aromatic heterocycles. The summed E-state index contributed by atoms with van der Waals surface area (Å²) in [6.45, 7) is 2.31. The second-order valence-corrected chi connectivity index (χ2v) is 7.65. The fourth-order valence-electron chi connectivity index (χ4n) is 4.79. The van der Waals surface area contributed by atoms with Gasteiger partial charge >= 0.3 is 0 Å². The molecule has 2 atom stereocenters. The minimum Gasteiger partial charge on any atom is -0.357 e. The predicted octanol–water partition coefficient (Wildman–Crippen LogP) is 3.08. The maximum absolute atomic E-state index is 13.2. The van der Waals surface area contributed by atoms with Gasteiger partial charge in [-0.25, -0.2) is 4.98 Å². The molecule has 0 spiro atoms. The summed E-state index contributed by atoms with van der Waals surface area (Å²) < 4.78 is 1.60. The minimum absolute atomic E-state index is 0.0269. The molecule has 2 aliphatic rings. The maximum Gasteiger partial charge on any atom is 0.262 e. The van der Waals surface area contributed by atoms with E-state index in [2.05, 4.69) is 17.1 Å². The number of aromatic nitrogens is 3. The van der Waals surface area contributed by atoms with E-state index in [4.69, 9.17) is 4.98 Å². The normalized spacial score (nSPS) is 20.9. The van der Waals surface area contributed by atoms with Gasteiger partial charge < -0.3 is 9.88 Å². The largest absolute Gasteiger partial charge is 0.357 e. The summed E-state index contributed by atoms with van der Waals surface area (Å²) in [5, 5.41) is 1.74. The summed E-state index contributed by atoms with van der Waals surface area (Å²) in [7, 11) is 0. The Morgan fingerprint density at radius 2 is 1.79 bits per heavy atom. The molecule has 0 bridgehead atoms. The molecule has 28 heavy (non-hydrogen) atoms. The number of fused-ring (bicyclic) bond motifs is 7. The zero-order valence-electron chi connectivity index (χ0n) is 15.3. The Bertz CT molecular complexity index is 1350. The van der Waals surface area contributed by atoms with Crippen LogP contribution in [0.2, 0.25) is 0 Å². The first-order valence-corrected chi connectivity index (χ1v) is 9.53. The molecule has 0 saturated heterocycles. The van der Waals surface area contributed by atoms with Gasteiger partial charge in [-0.15, -0.1) is 0 Å². The van der Waals surface area contributed by atoms with Crippen LogP contribution in [0.15, 0.2) is 53.3 Å². The molecule has 0 aliphatic carbocycles. The van der Waals surface area contributed by atoms with Gasteiger partial charge in [0.05, 0.1) is 23.5 Å². The minimum atomic E-state index is -0.554. The van der Waals surface area contributed by atoms with Crippen molar-refractivity contribution in [2.24, 2.45) is 0 Å². The molecule has 6 rings (SSSR count). The number of H-pyrrole nitrogens is 1. The molecule has 6 nitrogen and oxygen atoms in total. The molecule has 2 aliphatic heterocycles. The number of aromatic amines is 1. The second kappa shape index (κ2) is 5.32. The number of nitrogens with zero attached hydrogens (tertiary/aromatic N) is 3. The third-order valence-corrected chi connectivity index (χ3v) is 6.17. The Kier molecular flexibility index (Phi) is 2.97. The Labute approximate surface area is 160 Å². The van der Waals surface area contributed by atoms with Gasteiger partial charge in [-0.05, 0) is 30.7 Å². The van der Waals surface area contributed by atoms with E-state index in [0.717, 1.165) is 11.2 Å². The summed E-state index contributed by atoms with van der Waals surface area (Å²) in [6.07, 6.45) is 0.655. The third-order valence-electron chi connectivity index (χ3n) is 6.17. The highest BCUT2D eigenvalue weighted by molar-refractivity contribution is 5.87. The predicted molar refractivity (Wildman–Crippen MR) is 106 cm³/mol. The van der Waals surface area contributed by atoms with Crippen LogP contribution in [0, 0.1) is 0 Å². The van der Waals surface area contributed by atoms with Gasteiger partial charge in [0, 0.05) is 23.0 Å². The Morgan fingerprint density at radius 3 is 2.64 bits per heavy atom. The fraction of sp³-hybridized carbons (Fsp3) is 0.227. The van der Waals surface area contributed by atoms with Crippen molar-refractivity contribution in [3.05, 3.63) is 76.0 Å². The number of amides is 1. The number of carbonyl (C=O) groups excluding carboxylic acids is 1. The lowest BCUT2D eigenvalue weighted by Gasteiger charge is -2.42. The van der Waals surface area contributed by atoms with Crippen LogP contribution in [0.5, 0.6) is 0 Å². The van der Waals surface area contributed by atoms with Crippen molar-refractivity contribution >= 4 is 27.7 Å². The van der Waals surface area contributed by atoms with Crippen LogP contribution in [0.3, 0.4) is 0 Å². The lowest BCUT2D eigenvalue weighted by Crippen LogP contribution is -2.51. The molecule has 1 N–H and O–H groups in total. The van der Waals surface area contributed by atoms with Gasteiger partial charge in [-0.3, -0.25) is 14.2 Å². The fourth-order valence-corrected chi connectivity index (χ4v) is 4.79. The van der Waals surface area contributed by atoms with Crippen LogP contribution in [0.1, 0.15) is 36.1 Å². The molecule has 4 aromatic rings. The van der Waals surface area contributed by atoms with E-state index in [1.807, 2.05) is 35.2 Å². The zero-order chi connectivity index (χ0) is 19.0. The number of rotatable bonds is 0. The molecule has 2 aromatic carbocycles. The average Bonchev–Trinajstić information content (AvgIpc) is 3.08. The van der Waals surface area contributed by atoms with Gasteiger partial charge in [0.2, 0.25) is 5.91 Å². The molecule has 0 radical (unpaired) electrons. The van der Waals surface area contributed by atoms with Crippen LogP contribution in [-0.2, 0) is 17.8 Å². The summed E-state index contributed by atoms with van der Waals surface area (Å²) in [6, 6.07) is 14.8. The molecule has 0 fully saturated rings. The highest BCUT2D eigenvalue weighted by atomic mass is 16.2. The van der Waals surface area contributed by atoms with E-state index >= 15 is 0 Å². The van der Waals surface area contributed by atoms with Gasteiger partial charge in [0.25, 0.3) is 5.56 Å². The van der Waals surface area contributed by atoms with Gasteiger partial charge in [0.15, 0.2) is 0 Å². The number of hydrogen-bond acceptors (Lipinski definition) is 3. The van der Waals surface area contributed by atoms with Crippen LogP contribution in [0.4, 0.5) is 0 Å². The Morgan fingerprint density at radius 1 is 1.04 bits per heavy atom. The maximum atomic E-state index is 13.2. The van der Waals surface area contributed by atoms with Crippen LogP contribution < -0.4 is 5.56 Å². The van der Waals surface area contributed by atoms with Crippen LogP contribution >= 0.6 is 0 Å². The average molecular weight is 370 g/mol. The van der Waals surface area contributed by atoms with Gasteiger partial charge in [0.1, 0.15) is 11.9 Å². The Hall–Kier alpha value is -3.41. The first kappa shape index (κ1) is 15.6. The summed E-state index contributed by atoms with van der Waals surface area (Å²) in [4.78, 5) is 36.5. The summed E-state index contributed by atoms with van der Waals surface area (Å²) in [5.41, 5.74) is 3.93. The van der Waals surface area contributed by atoms with E-state index in [1.165, 1.54) is 10.9 Å². The van der Waals surface area contributed by atoms with E-state index in [0.29, 0.717) is 29.7 Å². The highest BCUT2D eigenvalue weighted by Crippen LogP contribution is 2.40. The van der Waals surface area contributed by atoms with E-state index in [9.17, 15) is 9.59 Å².